The molecule has 2 aromatic heterocycles. The van der Waals surface area contributed by atoms with Crippen LogP contribution < -0.4 is 0 Å². The normalized spacial score (nSPS) is 12.6. The zero-order chi connectivity index (χ0) is 37.6. The van der Waals surface area contributed by atoms with Gasteiger partial charge in [0.25, 0.3) is 0 Å². The predicted molar refractivity (Wildman–Crippen MR) is 219 cm³/mol. The van der Waals surface area contributed by atoms with Gasteiger partial charge >= 0.3 is 0 Å². The van der Waals surface area contributed by atoms with Crippen LogP contribution >= 0.6 is 0 Å². The predicted octanol–water partition coefficient (Wildman–Crippen LogP) is 12.0. The number of aromatic nitrogens is 2. The number of hydrogen-bond acceptors (Lipinski definition) is 3. The van der Waals surface area contributed by atoms with Crippen LogP contribution in [0.15, 0.2) is 133 Å². The quantitative estimate of drug-likeness (QED) is 0.172. The molecule has 1 aliphatic rings. The molecule has 0 aliphatic heterocycles. The molecule has 7 aromatic carbocycles. The average molecular weight is 701 g/mol. The highest BCUT2D eigenvalue weighted by atomic mass is 15.0. The highest BCUT2D eigenvalue weighted by Crippen LogP contribution is 2.53. The van der Waals surface area contributed by atoms with Crippen molar-refractivity contribution < 1.29 is 0 Å². The number of rotatable bonds is 3. The summed E-state index contributed by atoms with van der Waals surface area (Å²) in [6, 6.07) is 51.4. The lowest BCUT2D eigenvalue weighted by molar-refractivity contribution is 0.666. The van der Waals surface area contributed by atoms with Crippen molar-refractivity contribution in [3.63, 3.8) is 0 Å². The summed E-state index contributed by atoms with van der Waals surface area (Å²) in [5.41, 5.74) is 11.6. The zero-order valence-corrected chi connectivity index (χ0v) is 29.9. The van der Waals surface area contributed by atoms with Crippen LogP contribution in [0.1, 0.15) is 41.7 Å². The van der Waals surface area contributed by atoms with Crippen molar-refractivity contribution >= 4 is 49.3 Å². The number of para-hydroxylation sites is 3. The molecule has 9 aromatic rings. The first-order valence-corrected chi connectivity index (χ1v) is 18.0. The van der Waals surface area contributed by atoms with Gasteiger partial charge in [0, 0.05) is 32.5 Å². The number of nitrogens with zero attached hydrogens (tertiary/aromatic N) is 6. The van der Waals surface area contributed by atoms with Crippen molar-refractivity contribution in [2.75, 3.05) is 0 Å². The molecular formula is C49H28N6. The molecule has 0 bridgehead atoms. The highest BCUT2D eigenvalue weighted by Gasteiger charge is 2.38. The third kappa shape index (κ3) is 4.20. The molecule has 0 saturated carbocycles. The van der Waals surface area contributed by atoms with Gasteiger partial charge in [0.05, 0.1) is 62.8 Å². The van der Waals surface area contributed by atoms with Gasteiger partial charge in [-0.3, -0.25) is 0 Å². The van der Waals surface area contributed by atoms with Gasteiger partial charge in [0.1, 0.15) is 12.1 Å². The van der Waals surface area contributed by atoms with Gasteiger partial charge in [-0.05, 0) is 70.3 Å². The minimum atomic E-state index is -0.244. The molecule has 0 fully saturated rings. The Morgan fingerprint density at radius 2 is 1.20 bits per heavy atom. The standard InChI is InChI=1S/C49H28N6/c1-49(2)38-16-8-4-12-32(38)35-21-23-44-46(47(35)49)36-15-7-11-19-43(36)54(44)40-22-20-29(24-31(40)27-51)45-37(28-52)30(26-50)25-39(53-3)48(45)55-41-17-9-5-13-33(41)34-14-6-10-18-42(34)55/h4-25H,1-2H3. The molecule has 254 valence electrons. The molecule has 0 spiro atoms. The topological polar surface area (TPSA) is 85.6 Å². The zero-order valence-electron chi connectivity index (χ0n) is 29.9. The summed E-state index contributed by atoms with van der Waals surface area (Å²) < 4.78 is 4.18. The van der Waals surface area contributed by atoms with E-state index in [1.165, 1.54) is 28.3 Å². The van der Waals surface area contributed by atoms with E-state index in [0.717, 1.165) is 43.6 Å². The van der Waals surface area contributed by atoms with E-state index in [-0.39, 0.29) is 22.2 Å². The fraction of sp³-hybridized carbons (Fsp3) is 0.0612. The highest BCUT2D eigenvalue weighted by molar-refractivity contribution is 6.15. The SMILES string of the molecule is [C-]#[N+]c1cc(C#N)c(C#N)c(-c2ccc(-n3c4ccccc4c4c5c(ccc43)-c3ccccc3C5(C)C)c(C#N)c2)c1-n1c2ccccc2c2ccccc21. The molecule has 1 aliphatic carbocycles. The molecule has 2 heterocycles. The van der Waals surface area contributed by atoms with Gasteiger partial charge in [-0.15, -0.1) is 0 Å². The summed E-state index contributed by atoms with van der Waals surface area (Å²) in [5.74, 6) is 0. The van der Waals surface area contributed by atoms with E-state index in [2.05, 4.69) is 96.1 Å². The summed E-state index contributed by atoms with van der Waals surface area (Å²) >= 11 is 0. The Hall–Kier alpha value is -7.90. The monoisotopic (exact) mass is 700 g/mol. The van der Waals surface area contributed by atoms with Crippen LogP contribution in [0.4, 0.5) is 5.69 Å². The van der Waals surface area contributed by atoms with Crippen molar-refractivity contribution in [1.29, 1.82) is 15.8 Å². The van der Waals surface area contributed by atoms with Crippen LogP contribution in [0, 0.1) is 40.6 Å². The second-order valence-electron chi connectivity index (χ2n) is 14.5. The van der Waals surface area contributed by atoms with Gasteiger partial charge < -0.3 is 9.13 Å². The van der Waals surface area contributed by atoms with Crippen LogP contribution in [-0.2, 0) is 5.41 Å². The van der Waals surface area contributed by atoms with Gasteiger partial charge in [-0.25, -0.2) is 4.85 Å². The maximum atomic E-state index is 10.9. The maximum absolute atomic E-state index is 10.9. The Morgan fingerprint density at radius 1 is 0.582 bits per heavy atom. The first kappa shape index (κ1) is 31.8. The van der Waals surface area contributed by atoms with Crippen LogP contribution in [0.3, 0.4) is 0 Å². The van der Waals surface area contributed by atoms with Crippen LogP contribution in [0.25, 0.3) is 82.1 Å². The molecule has 6 heteroatoms. The summed E-state index contributed by atoms with van der Waals surface area (Å²) in [5, 5.41) is 36.2. The molecular weight excluding hydrogens is 673 g/mol. The van der Waals surface area contributed by atoms with Crippen LogP contribution in [0.2, 0.25) is 0 Å². The minimum absolute atomic E-state index is 0.107. The van der Waals surface area contributed by atoms with E-state index in [9.17, 15) is 15.8 Å². The second-order valence-corrected chi connectivity index (χ2v) is 14.5. The van der Waals surface area contributed by atoms with Crippen molar-refractivity contribution in [1.82, 2.24) is 9.13 Å². The number of benzene rings is 7. The second kappa shape index (κ2) is 11.6. The smallest absolute Gasteiger partial charge is 0.212 e. The number of hydrogen-bond donors (Lipinski definition) is 0. The maximum Gasteiger partial charge on any atom is 0.212 e. The van der Waals surface area contributed by atoms with Crippen LogP contribution in [-0.4, -0.2) is 9.13 Å². The molecule has 0 radical (unpaired) electrons. The Bertz CT molecular complexity index is 3290. The van der Waals surface area contributed by atoms with Crippen molar-refractivity contribution in [2.45, 2.75) is 19.3 Å². The fourth-order valence-corrected chi connectivity index (χ4v) is 9.19. The fourth-order valence-electron chi connectivity index (χ4n) is 9.19. The van der Waals surface area contributed by atoms with E-state index in [4.69, 9.17) is 6.57 Å². The van der Waals surface area contributed by atoms with E-state index < -0.39 is 0 Å². The molecule has 0 saturated heterocycles. The molecule has 0 unspecified atom stereocenters. The lowest BCUT2D eigenvalue weighted by Crippen LogP contribution is -2.15. The molecule has 55 heavy (non-hydrogen) atoms. The lowest BCUT2D eigenvalue weighted by Gasteiger charge is -2.22. The van der Waals surface area contributed by atoms with Crippen molar-refractivity contribution in [3.8, 4) is 51.8 Å². The summed E-state index contributed by atoms with van der Waals surface area (Å²) in [7, 11) is 0. The summed E-state index contributed by atoms with van der Waals surface area (Å²) in [6.45, 7) is 12.9. The Kier molecular flexibility index (Phi) is 6.68. The Balaban J connectivity index is 1.28. The van der Waals surface area contributed by atoms with E-state index in [0.29, 0.717) is 28.1 Å². The summed E-state index contributed by atoms with van der Waals surface area (Å²) in [6.07, 6.45) is 0. The van der Waals surface area contributed by atoms with Gasteiger partial charge in [-0.2, -0.15) is 15.8 Å². The third-order valence-electron chi connectivity index (χ3n) is 11.4. The molecule has 0 amide bonds. The van der Waals surface area contributed by atoms with Gasteiger partial charge in [-0.1, -0.05) is 105 Å². The summed E-state index contributed by atoms with van der Waals surface area (Å²) in [4.78, 5) is 3.93. The van der Waals surface area contributed by atoms with Gasteiger partial charge in [0.15, 0.2) is 0 Å². The van der Waals surface area contributed by atoms with Gasteiger partial charge in [0.2, 0.25) is 5.69 Å². The lowest BCUT2D eigenvalue weighted by atomic mass is 9.80. The first-order valence-electron chi connectivity index (χ1n) is 18.0. The molecule has 6 nitrogen and oxygen atoms in total. The minimum Gasteiger partial charge on any atom is -0.318 e. The largest absolute Gasteiger partial charge is 0.318 e. The van der Waals surface area contributed by atoms with E-state index in [1.54, 1.807) is 6.07 Å². The first-order chi connectivity index (χ1) is 26.9. The Morgan fingerprint density at radius 3 is 1.85 bits per heavy atom. The van der Waals surface area contributed by atoms with E-state index >= 15 is 0 Å². The number of nitriles is 3. The third-order valence-corrected chi connectivity index (χ3v) is 11.4. The average Bonchev–Trinajstić information content (AvgIpc) is 3.82. The van der Waals surface area contributed by atoms with Crippen molar-refractivity contribution in [3.05, 3.63) is 173 Å². The van der Waals surface area contributed by atoms with Crippen LogP contribution in [0.5, 0.6) is 0 Å². The number of fused-ring (bicyclic) bond motifs is 10. The molecule has 10 rings (SSSR count). The Labute approximate surface area is 317 Å². The molecule has 0 atom stereocenters. The van der Waals surface area contributed by atoms with E-state index in [1.807, 2.05) is 71.3 Å². The molecule has 0 N–H and O–H groups in total. The van der Waals surface area contributed by atoms with Crippen molar-refractivity contribution in [2.24, 2.45) is 0 Å².